The van der Waals surface area contributed by atoms with E-state index in [9.17, 15) is 0 Å². The summed E-state index contributed by atoms with van der Waals surface area (Å²) in [6.45, 7) is 0. The number of aryl methyl sites for hydroxylation is 1. The van der Waals surface area contributed by atoms with Gasteiger partial charge in [0.05, 0.1) is 0 Å². The van der Waals surface area contributed by atoms with Gasteiger partial charge in [-0.3, -0.25) is 0 Å². The van der Waals surface area contributed by atoms with Crippen LogP contribution in [0, 0.1) is 0 Å². The third-order valence-electron chi connectivity index (χ3n) is 3.82. The number of rotatable bonds is 2. The Morgan fingerprint density at radius 1 is 1.00 bits per heavy atom. The Morgan fingerprint density at radius 2 is 1.83 bits per heavy atom. The summed E-state index contributed by atoms with van der Waals surface area (Å²) >= 11 is 0. The van der Waals surface area contributed by atoms with E-state index in [0.29, 0.717) is 0 Å². The van der Waals surface area contributed by atoms with Gasteiger partial charge in [0, 0.05) is 6.04 Å². The molecule has 1 heteroatoms. The molecule has 1 nitrogen and oxygen atoms in total. The molecule has 92 valence electrons. The van der Waals surface area contributed by atoms with E-state index in [4.69, 9.17) is 5.73 Å². The van der Waals surface area contributed by atoms with Gasteiger partial charge in [-0.25, -0.2) is 0 Å². The topological polar surface area (TPSA) is 26.0 Å². The van der Waals surface area contributed by atoms with Gasteiger partial charge in [-0.2, -0.15) is 0 Å². The summed E-state index contributed by atoms with van der Waals surface area (Å²) in [7, 11) is 0. The Hall–Kier alpha value is -1.60. The molecule has 0 aromatic heterocycles. The second-order valence-electron chi connectivity index (χ2n) is 5.19. The molecule has 1 atom stereocenters. The minimum atomic E-state index is 0.240. The highest BCUT2D eigenvalue weighted by molar-refractivity contribution is 5.38. The molecule has 0 amide bonds. The highest BCUT2D eigenvalue weighted by Crippen LogP contribution is 2.29. The summed E-state index contributed by atoms with van der Waals surface area (Å²) in [5.41, 5.74) is 11.8. The fraction of sp³-hybridized carbons (Fsp3) is 0.294. The third-order valence-corrected chi connectivity index (χ3v) is 3.82. The standard InChI is InChI=1S/C17H19N/c18-17-8-4-7-15-10-9-14(12-16(15)17)11-13-5-2-1-3-6-13/h1-3,5-6,9-10,12,17H,4,7-8,11,18H2/t17-/m0/s1. The Labute approximate surface area is 109 Å². The average Bonchev–Trinajstić information content (AvgIpc) is 2.41. The maximum Gasteiger partial charge on any atom is 0.0297 e. The van der Waals surface area contributed by atoms with Crippen molar-refractivity contribution in [2.24, 2.45) is 5.73 Å². The van der Waals surface area contributed by atoms with Crippen molar-refractivity contribution in [3.63, 3.8) is 0 Å². The number of hydrogen-bond donors (Lipinski definition) is 1. The minimum absolute atomic E-state index is 0.240. The molecule has 1 aliphatic carbocycles. The molecular formula is C17H19N. The molecule has 0 unspecified atom stereocenters. The second kappa shape index (κ2) is 4.95. The summed E-state index contributed by atoms with van der Waals surface area (Å²) in [6, 6.07) is 17.7. The van der Waals surface area contributed by atoms with Gasteiger partial charge >= 0.3 is 0 Å². The summed E-state index contributed by atoms with van der Waals surface area (Å²) in [5, 5.41) is 0. The van der Waals surface area contributed by atoms with E-state index in [1.54, 1.807) is 0 Å². The molecule has 0 saturated heterocycles. The van der Waals surface area contributed by atoms with Gasteiger partial charge in [-0.15, -0.1) is 0 Å². The summed E-state index contributed by atoms with van der Waals surface area (Å²) in [4.78, 5) is 0. The quantitative estimate of drug-likeness (QED) is 0.848. The molecular weight excluding hydrogens is 218 g/mol. The van der Waals surface area contributed by atoms with Crippen LogP contribution >= 0.6 is 0 Å². The van der Waals surface area contributed by atoms with Crippen molar-refractivity contribution >= 4 is 0 Å². The maximum absolute atomic E-state index is 6.21. The first-order chi connectivity index (χ1) is 8.83. The molecule has 3 rings (SSSR count). The molecule has 2 N–H and O–H groups in total. The predicted octanol–water partition coefficient (Wildman–Crippen LogP) is 3.61. The molecule has 2 aromatic rings. The lowest BCUT2D eigenvalue weighted by molar-refractivity contribution is 0.570. The van der Waals surface area contributed by atoms with Crippen LogP contribution in [0.15, 0.2) is 48.5 Å². The van der Waals surface area contributed by atoms with Crippen molar-refractivity contribution in [1.29, 1.82) is 0 Å². The predicted molar refractivity (Wildman–Crippen MR) is 75.6 cm³/mol. The fourth-order valence-corrected chi connectivity index (χ4v) is 2.83. The van der Waals surface area contributed by atoms with Gasteiger partial charge < -0.3 is 5.73 Å². The van der Waals surface area contributed by atoms with E-state index >= 15 is 0 Å². The largest absolute Gasteiger partial charge is 0.324 e. The first-order valence-electron chi connectivity index (χ1n) is 6.74. The smallest absolute Gasteiger partial charge is 0.0297 e. The molecule has 0 fully saturated rings. The third kappa shape index (κ3) is 2.32. The zero-order valence-corrected chi connectivity index (χ0v) is 10.6. The summed E-state index contributed by atoms with van der Waals surface area (Å²) in [6.07, 6.45) is 4.55. The molecule has 0 heterocycles. The van der Waals surface area contributed by atoms with Gasteiger partial charge in [-0.1, -0.05) is 48.5 Å². The van der Waals surface area contributed by atoms with Crippen LogP contribution in [-0.4, -0.2) is 0 Å². The van der Waals surface area contributed by atoms with E-state index in [0.717, 1.165) is 12.8 Å². The normalized spacial score (nSPS) is 18.4. The van der Waals surface area contributed by atoms with Crippen molar-refractivity contribution in [1.82, 2.24) is 0 Å². The number of hydrogen-bond acceptors (Lipinski definition) is 1. The van der Waals surface area contributed by atoms with Crippen LogP contribution in [0.5, 0.6) is 0 Å². The van der Waals surface area contributed by atoms with Crippen LogP contribution in [-0.2, 0) is 12.8 Å². The lowest BCUT2D eigenvalue weighted by Gasteiger charge is -2.23. The molecule has 0 saturated carbocycles. The van der Waals surface area contributed by atoms with Crippen LogP contribution in [0.2, 0.25) is 0 Å². The van der Waals surface area contributed by atoms with E-state index < -0.39 is 0 Å². The van der Waals surface area contributed by atoms with Gasteiger partial charge in [0.15, 0.2) is 0 Å². The van der Waals surface area contributed by atoms with Gasteiger partial charge in [-0.05, 0) is 47.9 Å². The fourth-order valence-electron chi connectivity index (χ4n) is 2.83. The lowest BCUT2D eigenvalue weighted by atomic mass is 9.86. The van der Waals surface area contributed by atoms with E-state index in [2.05, 4.69) is 48.5 Å². The Balaban J connectivity index is 1.88. The van der Waals surface area contributed by atoms with Gasteiger partial charge in [0.2, 0.25) is 0 Å². The summed E-state index contributed by atoms with van der Waals surface area (Å²) < 4.78 is 0. The number of benzene rings is 2. The van der Waals surface area contributed by atoms with Crippen molar-refractivity contribution in [2.75, 3.05) is 0 Å². The van der Waals surface area contributed by atoms with Crippen molar-refractivity contribution in [3.8, 4) is 0 Å². The van der Waals surface area contributed by atoms with Crippen LogP contribution in [0.4, 0.5) is 0 Å². The first-order valence-corrected chi connectivity index (χ1v) is 6.74. The van der Waals surface area contributed by atoms with Crippen molar-refractivity contribution < 1.29 is 0 Å². The van der Waals surface area contributed by atoms with E-state index in [-0.39, 0.29) is 6.04 Å². The van der Waals surface area contributed by atoms with Crippen molar-refractivity contribution in [2.45, 2.75) is 31.7 Å². The molecule has 2 aromatic carbocycles. The summed E-state index contributed by atoms with van der Waals surface area (Å²) in [5.74, 6) is 0. The second-order valence-corrected chi connectivity index (χ2v) is 5.19. The Morgan fingerprint density at radius 3 is 2.67 bits per heavy atom. The molecule has 1 aliphatic rings. The zero-order chi connectivity index (χ0) is 12.4. The van der Waals surface area contributed by atoms with E-state index in [1.165, 1.54) is 35.1 Å². The molecule has 0 aliphatic heterocycles. The monoisotopic (exact) mass is 237 g/mol. The number of nitrogens with two attached hydrogens (primary N) is 1. The van der Waals surface area contributed by atoms with Gasteiger partial charge in [0.1, 0.15) is 0 Å². The zero-order valence-electron chi connectivity index (χ0n) is 10.6. The van der Waals surface area contributed by atoms with Crippen molar-refractivity contribution in [3.05, 3.63) is 70.8 Å². The molecule has 0 spiro atoms. The SMILES string of the molecule is N[C@H]1CCCc2ccc(Cc3ccccc3)cc21. The van der Waals surface area contributed by atoms with Gasteiger partial charge in [0.25, 0.3) is 0 Å². The highest BCUT2D eigenvalue weighted by Gasteiger charge is 2.16. The van der Waals surface area contributed by atoms with Crippen LogP contribution < -0.4 is 5.73 Å². The Bertz CT molecular complexity index is 531. The first kappa shape index (κ1) is 11.5. The molecule has 18 heavy (non-hydrogen) atoms. The van der Waals surface area contributed by atoms with Crippen LogP contribution in [0.1, 0.15) is 41.1 Å². The highest BCUT2D eigenvalue weighted by atomic mass is 14.6. The Kier molecular flexibility index (Phi) is 3.16. The average molecular weight is 237 g/mol. The maximum atomic E-state index is 6.21. The minimum Gasteiger partial charge on any atom is -0.324 e. The number of fused-ring (bicyclic) bond motifs is 1. The van der Waals surface area contributed by atoms with E-state index in [1.807, 2.05) is 0 Å². The molecule has 0 radical (unpaired) electrons. The van der Waals surface area contributed by atoms with Crippen LogP contribution in [0.3, 0.4) is 0 Å². The molecule has 0 bridgehead atoms. The lowest BCUT2D eigenvalue weighted by Crippen LogP contribution is -2.17. The van der Waals surface area contributed by atoms with Crippen LogP contribution in [0.25, 0.3) is 0 Å².